The lowest BCUT2D eigenvalue weighted by atomic mass is 9.75. The molecule has 1 aromatic carbocycles. The van der Waals surface area contributed by atoms with E-state index in [2.05, 4.69) is 49.5 Å². The van der Waals surface area contributed by atoms with Crippen molar-refractivity contribution in [2.75, 3.05) is 6.61 Å². The van der Waals surface area contributed by atoms with Crippen molar-refractivity contribution < 1.29 is 4.74 Å². The zero-order chi connectivity index (χ0) is 13.3. The summed E-state index contributed by atoms with van der Waals surface area (Å²) < 4.78 is 5.78. The van der Waals surface area contributed by atoms with Crippen molar-refractivity contribution in [2.24, 2.45) is 0 Å². The van der Waals surface area contributed by atoms with Gasteiger partial charge in [0, 0.05) is 18.7 Å². The standard InChI is InChI=1S/C17H25NO/c1-17(2)12-15(8-9-19-17)18-16-10-14(11-16)13-6-4-3-5-7-13/h3-7,14-16,18H,8-12H2,1-2H3. The molecule has 1 heterocycles. The van der Waals surface area contributed by atoms with Gasteiger partial charge in [-0.3, -0.25) is 0 Å². The minimum Gasteiger partial charge on any atom is -0.375 e. The first-order valence-electron chi connectivity index (χ1n) is 7.57. The highest BCUT2D eigenvalue weighted by atomic mass is 16.5. The molecule has 104 valence electrons. The Bertz CT molecular complexity index is 409. The molecule has 0 amide bonds. The van der Waals surface area contributed by atoms with E-state index in [0.29, 0.717) is 12.1 Å². The van der Waals surface area contributed by atoms with Gasteiger partial charge < -0.3 is 10.1 Å². The molecule has 0 bridgehead atoms. The molecule has 1 atom stereocenters. The number of rotatable bonds is 3. The Morgan fingerprint density at radius 2 is 1.84 bits per heavy atom. The maximum absolute atomic E-state index is 5.78. The molecule has 0 radical (unpaired) electrons. The molecule has 2 nitrogen and oxygen atoms in total. The molecule has 1 saturated heterocycles. The van der Waals surface area contributed by atoms with Gasteiger partial charge in [-0.25, -0.2) is 0 Å². The maximum Gasteiger partial charge on any atom is 0.0641 e. The minimum atomic E-state index is 0.0541. The fourth-order valence-electron chi connectivity index (χ4n) is 3.46. The summed E-state index contributed by atoms with van der Waals surface area (Å²) >= 11 is 0. The molecule has 0 aromatic heterocycles. The van der Waals surface area contributed by atoms with Crippen LogP contribution in [0.3, 0.4) is 0 Å². The van der Waals surface area contributed by atoms with Crippen LogP contribution < -0.4 is 5.32 Å². The molecular formula is C17H25NO. The van der Waals surface area contributed by atoms with Gasteiger partial charge in [-0.1, -0.05) is 30.3 Å². The third kappa shape index (κ3) is 3.18. The topological polar surface area (TPSA) is 21.3 Å². The molecule has 3 rings (SSSR count). The van der Waals surface area contributed by atoms with E-state index in [1.165, 1.54) is 18.4 Å². The van der Waals surface area contributed by atoms with Crippen molar-refractivity contribution in [1.82, 2.24) is 5.32 Å². The van der Waals surface area contributed by atoms with Crippen molar-refractivity contribution >= 4 is 0 Å². The molecule has 0 spiro atoms. The molecule has 19 heavy (non-hydrogen) atoms. The van der Waals surface area contributed by atoms with E-state index in [9.17, 15) is 0 Å². The maximum atomic E-state index is 5.78. The van der Waals surface area contributed by atoms with Crippen LogP contribution in [0.5, 0.6) is 0 Å². The van der Waals surface area contributed by atoms with Crippen LogP contribution in [0.2, 0.25) is 0 Å². The van der Waals surface area contributed by atoms with Crippen molar-refractivity contribution in [2.45, 2.75) is 63.1 Å². The summed E-state index contributed by atoms with van der Waals surface area (Å²) in [6.45, 7) is 5.31. The normalized spacial score (nSPS) is 33.7. The highest BCUT2D eigenvalue weighted by Crippen LogP contribution is 2.37. The zero-order valence-corrected chi connectivity index (χ0v) is 12.1. The Balaban J connectivity index is 1.47. The highest BCUT2D eigenvalue weighted by Gasteiger charge is 2.34. The van der Waals surface area contributed by atoms with E-state index in [1.54, 1.807) is 0 Å². The van der Waals surface area contributed by atoms with Gasteiger partial charge in [0.2, 0.25) is 0 Å². The Morgan fingerprint density at radius 1 is 1.11 bits per heavy atom. The summed E-state index contributed by atoms with van der Waals surface area (Å²) in [4.78, 5) is 0. The second kappa shape index (κ2) is 5.26. The summed E-state index contributed by atoms with van der Waals surface area (Å²) in [5.74, 6) is 0.770. The summed E-state index contributed by atoms with van der Waals surface area (Å²) in [6.07, 6.45) is 4.89. The summed E-state index contributed by atoms with van der Waals surface area (Å²) in [6, 6.07) is 12.3. The van der Waals surface area contributed by atoms with Crippen LogP contribution in [0.25, 0.3) is 0 Å². The van der Waals surface area contributed by atoms with Crippen LogP contribution in [0, 0.1) is 0 Å². The Morgan fingerprint density at radius 3 is 2.53 bits per heavy atom. The van der Waals surface area contributed by atoms with Crippen molar-refractivity contribution in [1.29, 1.82) is 0 Å². The fourth-order valence-corrected chi connectivity index (χ4v) is 3.46. The van der Waals surface area contributed by atoms with Crippen LogP contribution in [0.15, 0.2) is 30.3 Å². The van der Waals surface area contributed by atoms with Crippen LogP contribution in [-0.4, -0.2) is 24.3 Å². The Labute approximate surface area is 116 Å². The molecule has 2 fully saturated rings. The van der Waals surface area contributed by atoms with Gasteiger partial charge in [-0.2, -0.15) is 0 Å². The minimum absolute atomic E-state index is 0.0541. The van der Waals surface area contributed by atoms with Gasteiger partial charge in [-0.05, 0) is 51.0 Å². The van der Waals surface area contributed by atoms with Crippen molar-refractivity contribution in [3.05, 3.63) is 35.9 Å². The largest absolute Gasteiger partial charge is 0.375 e. The lowest BCUT2D eigenvalue weighted by Gasteiger charge is -2.42. The number of benzene rings is 1. The predicted octanol–water partition coefficient (Wildman–Crippen LogP) is 3.48. The molecule has 2 heteroatoms. The van der Waals surface area contributed by atoms with Crippen LogP contribution in [0.4, 0.5) is 0 Å². The lowest BCUT2D eigenvalue weighted by Crippen LogP contribution is -2.50. The molecule has 1 N–H and O–H groups in total. The second-order valence-electron chi connectivity index (χ2n) is 6.74. The third-order valence-electron chi connectivity index (χ3n) is 4.58. The third-order valence-corrected chi connectivity index (χ3v) is 4.58. The molecule has 1 unspecified atom stereocenters. The SMILES string of the molecule is CC1(C)CC(NC2CC(c3ccccc3)C2)CCO1. The Hall–Kier alpha value is -0.860. The highest BCUT2D eigenvalue weighted by molar-refractivity contribution is 5.22. The average Bonchev–Trinajstić information content (AvgIpc) is 2.33. The fraction of sp³-hybridized carbons (Fsp3) is 0.647. The first kappa shape index (κ1) is 13.1. The van der Waals surface area contributed by atoms with Gasteiger partial charge in [-0.15, -0.1) is 0 Å². The van der Waals surface area contributed by atoms with Crippen LogP contribution >= 0.6 is 0 Å². The quantitative estimate of drug-likeness (QED) is 0.897. The monoisotopic (exact) mass is 259 g/mol. The van der Waals surface area contributed by atoms with E-state index in [-0.39, 0.29) is 5.60 Å². The first-order valence-corrected chi connectivity index (χ1v) is 7.57. The van der Waals surface area contributed by atoms with E-state index >= 15 is 0 Å². The predicted molar refractivity (Wildman–Crippen MR) is 78.4 cm³/mol. The van der Waals surface area contributed by atoms with E-state index in [1.807, 2.05) is 0 Å². The molecule has 1 saturated carbocycles. The summed E-state index contributed by atoms with van der Waals surface area (Å²) in [5.41, 5.74) is 1.56. The van der Waals surface area contributed by atoms with Gasteiger partial charge in [0.1, 0.15) is 0 Å². The van der Waals surface area contributed by atoms with Crippen molar-refractivity contribution in [3.8, 4) is 0 Å². The van der Waals surface area contributed by atoms with Crippen molar-refractivity contribution in [3.63, 3.8) is 0 Å². The van der Waals surface area contributed by atoms with E-state index in [4.69, 9.17) is 4.74 Å². The molecule has 2 aliphatic rings. The average molecular weight is 259 g/mol. The Kier molecular flexibility index (Phi) is 3.64. The molecule has 1 aliphatic heterocycles. The van der Waals surface area contributed by atoms with Crippen LogP contribution in [0.1, 0.15) is 51.0 Å². The van der Waals surface area contributed by atoms with E-state index in [0.717, 1.165) is 25.4 Å². The van der Waals surface area contributed by atoms with Gasteiger partial charge in [0.25, 0.3) is 0 Å². The summed E-state index contributed by atoms with van der Waals surface area (Å²) in [5, 5.41) is 3.83. The smallest absolute Gasteiger partial charge is 0.0641 e. The summed E-state index contributed by atoms with van der Waals surface area (Å²) in [7, 11) is 0. The number of hydrogen-bond acceptors (Lipinski definition) is 2. The van der Waals surface area contributed by atoms with Gasteiger partial charge >= 0.3 is 0 Å². The van der Waals surface area contributed by atoms with E-state index < -0.39 is 0 Å². The zero-order valence-electron chi connectivity index (χ0n) is 12.1. The van der Waals surface area contributed by atoms with Gasteiger partial charge in [0.15, 0.2) is 0 Å². The molecular weight excluding hydrogens is 234 g/mol. The molecule has 1 aliphatic carbocycles. The number of nitrogens with one attached hydrogen (secondary N) is 1. The number of ether oxygens (including phenoxy) is 1. The van der Waals surface area contributed by atoms with Crippen LogP contribution in [-0.2, 0) is 4.74 Å². The molecule has 1 aromatic rings. The first-order chi connectivity index (χ1) is 9.12. The van der Waals surface area contributed by atoms with Gasteiger partial charge in [0.05, 0.1) is 5.60 Å². The second-order valence-corrected chi connectivity index (χ2v) is 6.74. The lowest BCUT2D eigenvalue weighted by molar-refractivity contribution is -0.0655. The number of hydrogen-bond donors (Lipinski definition) is 1.